The fraction of sp³-hybridized carbons (Fsp3) is 0.700. The summed E-state index contributed by atoms with van der Waals surface area (Å²) in [6, 6.07) is 0. The third kappa shape index (κ3) is 2.98. The topological polar surface area (TPSA) is 38.1 Å². The first kappa shape index (κ1) is 13.0. The van der Waals surface area contributed by atoms with Crippen LogP contribution in [0.25, 0.3) is 0 Å². The van der Waals surface area contributed by atoms with Crippen LogP contribution < -0.4 is 5.32 Å². The summed E-state index contributed by atoms with van der Waals surface area (Å²) >= 11 is 0. The predicted octanol–water partition coefficient (Wildman–Crippen LogP) is 2.76. The third-order valence-electron chi connectivity index (χ3n) is 2.20. The van der Waals surface area contributed by atoms with E-state index in [4.69, 9.17) is 4.52 Å². The van der Waals surface area contributed by atoms with Crippen molar-refractivity contribution in [3.8, 4) is 0 Å². The fourth-order valence-electron chi connectivity index (χ4n) is 1.45. The van der Waals surface area contributed by atoms with Gasteiger partial charge in [0.15, 0.2) is 11.5 Å². The molecule has 0 fully saturated rings. The Labute approximate surface area is 92.0 Å². The van der Waals surface area contributed by atoms with E-state index in [-0.39, 0.29) is 17.7 Å². The van der Waals surface area contributed by atoms with Gasteiger partial charge in [-0.3, -0.25) is 0 Å². The van der Waals surface area contributed by atoms with Gasteiger partial charge in [-0.15, -0.1) is 0 Å². The molecule has 1 rings (SSSR count). The Morgan fingerprint density at radius 3 is 2.50 bits per heavy atom. The molecule has 1 aromatic heterocycles. The molecule has 6 heteroatoms. The van der Waals surface area contributed by atoms with E-state index in [1.807, 2.05) is 6.92 Å². The SMILES string of the molecule is CCCNCc1onc(C(F)(F)F)c1CC. The first-order valence-corrected chi connectivity index (χ1v) is 5.26. The van der Waals surface area contributed by atoms with Gasteiger partial charge in [0.2, 0.25) is 0 Å². The molecule has 0 aliphatic heterocycles. The Kier molecular flexibility index (Phi) is 4.35. The first-order valence-electron chi connectivity index (χ1n) is 5.26. The Morgan fingerprint density at radius 1 is 1.31 bits per heavy atom. The highest BCUT2D eigenvalue weighted by Gasteiger charge is 2.38. The molecule has 0 amide bonds. The van der Waals surface area contributed by atoms with E-state index < -0.39 is 11.9 Å². The van der Waals surface area contributed by atoms with Gasteiger partial charge in [0.05, 0.1) is 6.54 Å². The Bertz CT molecular complexity index is 333. The maximum Gasteiger partial charge on any atom is 0.437 e. The lowest BCUT2D eigenvalue weighted by atomic mass is 10.1. The van der Waals surface area contributed by atoms with Crippen molar-refractivity contribution in [3.05, 3.63) is 17.0 Å². The number of hydrogen-bond donors (Lipinski definition) is 1. The van der Waals surface area contributed by atoms with Crippen molar-refractivity contribution < 1.29 is 17.7 Å². The summed E-state index contributed by atoms with van der Waals surface area (Å²) in [5.74, 6) is 0.281. The van der Waals surface area contributed by atoms with Gasteiger partial charge in [-0.05, 0) is 19.4 Å². The Hall–Kier alpha value is -1.04. The number of nitrogens with zero attached hydrogens (tertiary/aromatic N) is 1. The second kappa shape index (κ2) is 5.34. The number of alkyl halides is 3. The zero-order valence-electron chi connectivity index (χ0n) is 9.32. The average molecular weight is 236 g/mol. The predicted molar refractivity (Wildman–Crippen MR) is 52.9 cm³/mol. The maximum absolute atomic E-state index is 12.5. The number of nitrogens with one attached hydrogen (secondary N) is 1. The maximum atomic E-state index is 12.5. The lowest BCUT2D eigenvalue weighted by molar-refractivity contribution is -0.143. The van der Waals surface area contributed by atoms with Crippen LogP contribution in [0, 0.1) is 0 Å². The molecule has 0 saturated carbocycles. The molecule has 92 valence electrons. The van der Waals surface area contributed by atoms with Crippen LogP contribution in [0.5, 0.6) is 0 Å². The lowest BCUT2D eigenvalue weighted by Crippen LogP contribution is -2.15. The fourth-order valence-corrected chi connectivity index (χ4v) is 1.45. The highest BCUT2D eigenvalue weighted by atomic mass is 19.4. The molecule has 0 radical (unpaired) electrons. The van der Waals surface area contributed by atoms with E-state index >= 15 is 0 Å². The Balaban J connectivity index is 2.83. The standard InChI is InChI=1S/C10H15F3N2O/c1-3-5-14-6-8-7(4-2)9(15-16-8)10(11,12)13/h14H,3-6H2,1-2H3. The molecule has 1 aromatic rings. The zero-order valence-corrected chi connectivity index (χ0v) is 9.32. The Morgan fingerprint density at radius 2 is 2.00 bits per heavy atom. The van der Waals surface area contributed by atoms with Crippen molar-refractivity contribution in [2.45, 2.75) is 39.4 Å². The molecule has 0 aliphatic carbocycles. The van der Waals surface area contributed by atoms with Crippen molar-refractivity contribution in [2.24, 2.45) is 0 Å². The van der Waals surface area contributed by atoms with E-state index in [1.54, 1.807) is 6.92 Å². The first-order chi connectivity index (χ1) is 7.50. The molecule has 3 nitrogen and oxygen atoms in total. The summed E-state index contributed by atoms with van der Waals surface area (Å²) in [5, 5.41) is 6.09. The number of rotatable bonds is 5. The van der Waals surface area contributed by atoms with E-state index in [2.05, 4.69) is 10.5 Å². The second-order valence-electron chi connectivity index (χ2n) is 3.46. The van der Waals surface area contributed by atoms with Gasteiger partial charge in [-0.2, -0.15) is 13.2 Å². The van der Waals surface area contributed by atoms with Crippen molar-refractivity contribution in [1.82, 2.24) is 10.5 Å². The van der Waals surface area contributed by atoms with Crippen molar-refractivity contribution in [2.75, 3.05) is 6.54 Å². The minimum Gasteiger partial charge on any atom is -0.359 e. The minimum atomic E-state index is -4.43. The van der Waals surface area contributed by atoms with Crippen molar-refractivity contribution >= 4 is 0 Å². The van der Waals surface area contributed by atoms with Crippen LogP contribution in [-0.4, -0.2) is 11.7 Å². The highest BCUT2D eigenvalue weighted by Crippen LogP contribution is 2.32. The number of hydrogen-bond acceptors (Lipinski definition) is 3. The van der Waals surface area contributed by atoms with Gasteiger partial charge < -0.3 is 9.84 Å². The molecular formula is C10H15F3N2O. The van der Waals surface area contributed by atoms with Gasteiger partial charge in [0, 0.05) is 5.56 Å². The van der Waals surface area contributed by atoms with Crippen LogP contribution in [0.2, 0.25) is 0 Å². The van der Waals surface area contributed by atoms with Crippen LogP contribution in [0.15, 0.2) is 4.52 Å². The molecule has 0 bridgehead atoms. The molecule has 16 heavy (non-hydrogen) atoms. The normalized spacial score (nSPS) is 12.1. The van der Waals surface area contributed by atoms with E-state index in [1.165, 1.54) is 0 Å². The summed E-state index contributed by atoms with van der Waals surface area (Å²) in [5.41, 5.74) is -0.751. The highest BCUT2D eigenvalue weighted by molar-refractivity contribution is 5.25. The smallest absolute Gasteiger partial charge is 0.359 e. The van der Waals surface area contributed by atoms with E-state index in [0.717, 1.165) is 13.0 Å². The largest absolute Gasteiger partial charge is 0.437 e. The summed E-state index contributed by atoms with van der Waals surface area (Å²) in [7, 11) is 0. The van der Waals surface area contributed by atoms with Crippen molar-refractivity contribution in [3.63, 3.8) is 0 Å². The van der Waals surface area contributed by atoms with Crippen LogP contribution in [0.1, 0.15) is 37.3 Å². The van der Waals surface area contributed by atoms with Crippen LogP contribution in [0.4, 0.5) is 13.2 Å². The molecule has 0 aromatic carbocycles. The van der Waals surface area contributed by atoms with Crippen LogP contribution in [-0.2, 0) is 19.1 Å². The van der Waals surface area contributed by atoms with Crippen LogP contribution >= 0.6 is 0 Å². The molecule has 1 heterocycles. The number of aromatic nitrogens is 1. The van der Waals surface area contributed by atoms with E-state index in [0.29, 0.717) is 6.54 Å². The third-order valence-corrected chi connectivity index (χ3v) is 2.20. The zero-order chi connectivity index (χ0) is 12.2. The van der Waals surface area contributed by atoms with Gasteiger partial charge in [-0.1, -0.05) is 19.0 Å². The molecule has 0 unspecified atom stereocenters. The summed E-state index contributed by atoms with van der Waals surface area (Å²) in [4.78, 5) is 0. The lowest BCUT2D eigenvalue weighted by Gasteiger charge is -2.04. The van der Waals surface area contributed by atoms with E-state index in [9.17, 15) is 13.2 Å². The number of halogens is 3. The average Bonchev–Trinajstić information content (AvgIpc) is 2.60. The summed E-state index contributed by atoms with van der Waals surface area (Å²) < 4.78 is 42.2. The monoisotopic (exact) mass is 236 g/mol. The summed E-state index contributed by atoms with van der Waals surface area (Å²) in [6.45, 7) is 4.67. The van der Waals surface area contributed by atoms with Crippen LogP contribution in [0.3, 0.4) is 0 Å². The van der Waals surface area contributed by atoms with Gasteiger partial charge >= 0.3 is 6.18 Å². The molecule has 0 saturated heterocycles. The molecule has 0 aliphatic rings. The molecule has 1 N–H and O–H groups in total. The molecule has 0 atom stereocenters. The summed E-state index contributed by atoms with van der Waals surface area (Å²) in [6.07, 6.45) is -3.25. The molecular weight excluding hydrogens is 221 g/mol. The second-order valence-corrected chi connectivity index (χ2v) is 3.46. The van der Waals surface area contributed by atoms with Gasteiger partial charge in [0.25, 0.3) is 0 Å². The van der Waals surface area contributed by atoms with Gasteiger partial charge in [0.1, 0.15) is 0 Å². The quantitative estimate of drug-likeness (QED) is 0.799. The van der Waals surface area contributed by atoms with Crippen molar-refractivity contribution in [1.29, 1.82) is 0 Å². The molecule has 0 spiro atoms. The minimum absolute atomic E-state index is 0.149. The van der Waals surface area contributed by atoms with Gasteiger partial charge in [-0.25, -0.2) is 0 Å².